The Morgan fingerprint density at radius 1 is 0.634 bits per heavy atom. The quantitative estimate of drug-likeness (QED) is 0.112. The topological polar surface area (TPSA) is 191 Å². The molecule has 0 heterocycles. The molecule has 0 aromatic heterocycles. The first-order valence-corrected chi connectivity index (χ1v) is 11.7. The third-order valence-corrected chi connectivity index (χ3v) is 5.79. The lowest BCUT2D eigenvalue weighted by molar-refractivity contribution is -0.384. The molecule has 4 aromatic carbocycles. The Morgan fingerprint density at radius 2 is 1.07 bits per heavy atom. The van der Waals surface area contributed by atoms with Gasteiger partial charge >= 0.3 is 23.9 Å². The minimum atomic E-state index is -1.44. The summed E-state index contributed by atoms with van der Waals surface area (Å²) < 4.78 is 10.5. The van der Waals surface area contributed by atoms with Crippen molar-refractivity contribution in [3.8, 4) is 17.2 Å². The van der Waals surface area contributed by atoms with Gasteiger partial charge in [-0.05, 0) is 66.1 Å². The van der Waals surface area contributed by atoms with Crippen LogP contribution in [0.15, 0.2) is 84.9 Å². The molecule has 0 saturated heterocycles. The maximum atomic E-state index is 12.6. The van der Waals surface area contributed by atoms with Crippen LogP contribution in [0.4, 0.5) is 5.69 Å². The number of nitro groups is 1. The number of ether oxygens (including phenoxy) is 2. The van der Waals surface area contributed by atoms with Gasteiger partial charge in [0.25, 0.3) is 5.69 Å². The van der Waals surface area contributed by atoms with Crippen molar-refractivity contribution in [1.29, 1.82) is 0 Å². The summed E-state index contributed by atoms with van der Waals surface area (Å²) in [5.41, 5.74) is -0.335. The number of carbonyl (C=O) groups is 4. The lowest BCUT2D eigenvalue weighted by Gasteiger charge is -2.09. The molecule has 12 nitrogen and oxygen atoms in total. The van der Waals surface area contributed by atoms with Crippen LogP contribution in [0.5, 0.6) is 17.2 Å². The third-order valence-electron chi connectivity index (χ3n) is 5.79. The molecule has 0 saturated carbocycles. The van der Waals surface area contributed by atoms with E-state index in [1.54, 1.807) is 24.3 Å². The van der Waals surface area contributed by atoms with Gasteiger partial charge < -0.3 is 24.8 Å². The molecule has 3 N–H and O–H groups in total. The zero-order valence-corrected chi connectivity index (χ0v) is 20.8. The number of phenolic OH excluding ortho intramolecular Hbond substituents is 1. The monoisotopic (exact) mass is 557 g/mol. The molecule has 0 aliphatic carbocycles. The highest BCUT2D eigenvalue weighted by molar-refractivity contribution is 6.04. The lowest BCUT2D eigenvalue weighted by atomic mass is 10.0. The predicted octanol–water partition coefficient (Wildman–Crippen LogP) is 4.73. The molecule has 0 aliphatic heterocycles. The molecule has 0 radical (unpaired) electrons. The molecule has 4 aromatic rings. The first-order valence-electron chi connectivity index (χ1n) is 11.7. The average Bonchev–Trinajstić information content (AvgIpc) is 2.94. The Bertz CT molecular complexity index is 1680. The number of aromatic hydroxyl groups is 1. The fourth-order valence-electron chi connectivity index (χ4n) is 3.80. The number of hydrogen-bond acceptors (Lipinski definition) is 9. The number of aromatic carboxylic acids is 2. The maximum absolute atomic E-state index is 12.6. The van der Waals surface area contributed by atoms with Gasteiger partial charge in [-0.25, -0.2) is 19.2 Å². The van der Waals surface area contributed by atoms with E-state index in [-0.39, 0.29) is 28.4 Å². The number of benzene rings is 4. The van der Waals surface area contributed by atoms with Crippen molar-refractivity contribution in [2.75, 3.05) is 0 Å². The SMILES string of the molecule is O=C(O)c1ccc(O)cc1C(=O)Oc1ccc(Cc2ccc(OC(=O)c3cc([N+](=O)[O-])ccc3C(=O)O)cc2)cc1. The fourth-order valence-corrected chi connectivity index (χ4v) is 3.80. The number of nitrogens with zero attached hydrogens (tertiary/aromatic N) is 1. The van der Waals surface area contributed by atoms with Crippen LogP contribution in [0.2, 0.25) is 0 Å². The van der Waals surface area contributed by atoms with Crippen molar-refractivity contribution >= 4 is 29.6 Å². The van der Waals surface area contributed by atoms with E-state index >= 15 is 0 Å². The van der Waals surface area contributed by atoms with Crippen molar-refractivity contribution in [3.63, 3.8) is 0 Å². The van der Waals surface area contributed by atoms with E-state index in [0.29, 0.717) is 6.42 Å². The van der Waals surface area contributed by atoms with Crippen LogP contribution >= 0.6 is 0 Å². The Labute approximate surface area is 230 Å². The highest BCUT2D eigenvalue weighted by Gasteiger charge is 2.22. The second-order valence-corrected chi connectivity index (χ2v) is 8.57. The van der Waals surface area contributed by atoms with E-state index < -0.39 is 45.6 Å². The summed E-state index contributed by atoms with van der Waals surface area (Å²) in [6.45, 7) is 0. The van der Waals surface area contributed by atoms with Gasteiger partial charge in [0, 0.05) is 12.1 Å². The molecule has 0 atom stereocenters. The van der Waals surface area contributed by atoms with Crippen LogP contribution in [0.25, 0.3) is 0 Å². The van der Waals surface area contributed by atoms with E-state index in [0.717, 1.165) is 47.5 Å². The first-order chi connectivity index (χ1) is 19.5. The first kappa shape index (κ1) is 28.0. The van der Waals surface area contributed by atoms with Gasteiger partial charge in [0.2, 0.25) is 0 Å². The van der Waals surface area contributed by atoms with Gasteiger partial charge in [0.1, 0.15) is 17.2 Å². The van der Waals surface area contributed by atoms with E-state index in [1.165, 1.54) is 24.3 Å². The molecule has 0 unspecified atom stereocenters. The standard InChI is InChI=1S/C29H19NO11/c31-19-6-12-23(27(34)35)25(15-19)29(37)41-21-9-3-17(4-10-21)13-16-1-7-20(8-2-16)40-28(36)24-14-18(30(38)39)5-11-22(24)26(32)33/h1-12,14-15,31H,13H2,(H,32,33)(H,34,35). The summed E-state index contributed by atoms with van der Waals surface area (Å²) in [7, 11) is 0. The van der Waals surface area contributed by atoms with Crippen molar-refractivity contribution in [3.05, 3.63) is 128 Å². The van der Waals surface area contributed by atoms with E-state index in [1.807, 2.05) is 0 Å². The molecule has 0 amide bonds. The molecule has 0 fully saturated rings. The van der Waals surface area contributed by atoms with Crippen LogP contribution in [0, 0.1) is 10.1 Å². The Hall–Kier alpha value is -6.04. The van der Waals surface area contributed by atoms with Gasteiger partial charge in [-0.2, -0.15) is 0 Å². The molecule has 206 valence electrons. The van der Waals surface area contributed by atoms with Gasteiger partial charge in [0.05, 0.1) is 27.2 Å². The van der Waals surface area contributed by atoms with Crippen LogP contribution in [-0.4, -0.2) is 44.1 Å². The highest BCUT2D eigenvalue weighted by Crippen LogP contribution is 2.23. The number of nitro benzene ring substituents is 1. The van der Waals surface area contributed by atoms with Crippen LogP contribution in [0.1, 0.15) is 52.6 Å². The van der Waals surface area contributed by atoms with Gasteiger partial charge in [-0.15, -0.1) is 0 Å². The fraction of sp³-hybridized carbons (Fsp3) is 0.0345. The summed E-state index contributed by atoms with van der Waals surface area (Å²) in [5, 5.41) is 39.2. The van der Waals surface area contributed by atoms with E-state index in [9.17, 15) is 44.6 Å². The second-order valence-electron chi connectivity index (χ2n) is 8.57. The van der Waals surface area contributed by atoms with Crippen molar-refractivity contribution in [1.82, 2.24) is 0 Å². The van der Waals surface area contributed by atoms with E-state index in [4.69, 9.17) is 9.47 Å². The molecule has 41 heavy (non-hydrogen) atoms. The molecule has 4 rings (SSSR count). The normalized spacial score (nSPS) is 10.4. The van der Waals surface area contributed by atoms with Crippen LogP contribution in [-0.2, 0) is 6.42 Å². The Kier molecular flexibility index (Phi) is 8.04. The minimum absolute atomic E-state index is 0.0940. The average molecular weight is 557 g/mol. The van der Waals surface area contributed by atoms with Gasteiger partial charge in [-0.3, -0.25) is 10.1 Å². The molecular weight excluding hydrogens is 538 g/mol. The second kappa shape index (κ2) is 11.8. The Balaban J connectivity index is 1.41. The van der Waals surface area contributed by atoms with E-state index in [2.05, 4.69) is 0 Å². The molecule has 0 aliphatic rings. The number of carboxylic acid groups (broad SMARTS) is 2. The summed E-state index contributed by atoms with van der Waals surface area (Å²) in [4.78, 5) is 58.1. The largest absolute Gasteiger partial charge is 0.508 e. The summed E-state index contributed by atoms with van der Waals surface area (Å²) >= 11 is 0. The van der Waals surface area contributed by atoms with Crippen molar-refractivity contribution < 1.29 is 48.9 Å². The zero-order valence-electron chi connectivity index (χ0n) is 20.8. The van der Waals surface area contributed by atoms with Crippen molar-refractivity contribution in [2.45, 2.75) is 6.42 Å². The number of phenols is 1. The number of carbonyl (C=O) groups excluding carboxylic acids is 2. The summed E-state index contributed by atoms with van der Waals surface area (Å²) in [5.74, 6) is -4.83. The summed E-state index contributed by atoms with van der Waals surface area (Å²) in [6, 6.07) is 18.8. The van der Waals surface area contributed by atoms with Gasteiger partial charge in [-0.1, -0.05) is 24.3 Å². The lowest BCUT2D eigenvalue weighted by Crippen LogP contribution is -2.14. The Morgan fingerprint density at radius 3 is 1.51 bits per heavy atom. The van der Waals surface area contributed by atoms with Gasteiger partial charge in [0.15, 0.2) is 0 Å². The zero-order chi connectivity index (χ0) is 29.7. The summed E-state index contributed by atoms with van der Waals surface area (Å²) in [6.07, 6.45) is 0.437. The van der Waals surface area contributed by atoms with Crippen LogP contribution < -0.4 is 9.47 Å². The highest BCUT2D eigenvalue weighted by atomic mass is 16.6. The molecular formula is C29H19NO11. The third kappa shape index (κ3) is 6.70. The maximum Gasteiger partial charge on any atom is 0.344 e. The smallest absolute Gasteiger partial charge is 0.344 e. The molecule has 0 spiro atoms. The van der Waals surface area contributed by atoms with Crippen molar-refractivity contribution in [2.24, 2.45) is 0 Å². The number of non-ortho nitro benzene ring substituents is 1. The minimum Gasteiger partial charge on any atom is -0.508 e. The predicted molar refractivity (Wildman–Crippen MR) is 141 cm³/mol. The van der Waals surface area contributed by atoms with Crippen LogP contribution in [0.3, 0.4) is 0 Å². The number of rotatable bonds is 9. The molecule has 0 bridgehead atoms. The number of carboxylic acids is 2. The number of hydrogen-bond donors (Lipinski definition) is 3. The molecule has 12 heteroatoms. The number of esters is 2.